The molecule has 0 atom stereocenters. The lowest BCUT2D eigenvalue weighted by molar-refractivity contribution is -0.384. The standard InChI is InChI=1S/C22H23N5O4/c1-15-5-7-16(8-6-15)21-24-20(31-25-21)14-26-11-9-17(10-12-26)22(28)23-18-3-2-4-19(13-18)27(29)30/h2-8,13,17H,9-12,14H2,1H3,(H,23,28). The minimum absolute atomic E-state index is 0.0443. The van der Waals surface area contributed by atoms with E-state index in [0.29, 0.717) is 36.8 Å². The van der Waals surface area contributed by atoms with Crippen molar-refractivity contribution in [1.29, 1.82) is 0 Å². The molecule has 9 nitrogen and oxygen atoms in total. The van der Waals surface area contributed by atoms with Crippen LogP contribution in [0.2, 0.25) is 0 Å². The van der Waals surface area contributed by atoms with Crippen LogP contribution < -0.4 is 5.32 Å². The summed E-state index contributed by atoms with van der Waals surface area (Å²) in [5, 5.41) is 17.8. The molecule has 2 heterocycles. The molecule has 0 saturated carbocycles. The third kappa shape index (κ3) is 5.13. The number of piperidine rings is 1. The Bertz CT molecular complexity index is 1070. The first-order chi connectivity index (χ1) is 15.0. The first-order valence-electron chi connectivity index (χ1n) is 10.2. The van der Waals surface area contributed by atoms with Gasteiger partial charge in [0.25, 0.3) is 5.69 Å². The average Bonchev–Trinajstić information content (AvgIpc) is 3.23. The number of hydrogen-bond acceptors (Lipinski definition) is 7. The van der Waals surface area contributed by atoms with Crippen molar-refractivity contribution < 1.29 is 14.2 Å². The highest BCUT2D eigenvalue weighted by Gasteiger charge is 2.26. The van der Waals surface area contributed by atoms with Crippen LogP contribution in [0.5, 0.6) is 0 Å². The lowest BCUT2D eigenvalue weighted by atomic mass is 9.96. The topological polar surface area (TPSA) is 114 Å². The van der Waals surface area contributed by atoms with E-state index in [2.05, 4.69) is 20.4 Å². The number of nitro groups is 1. The van der Waals surface area contributed by atoms with Crippen LogP contribution >= 0.6 is 0 Å². The number of carbonyl (C=O) groups excluding carboxylic acids is 1. The van der Waals surface area contributed by atoms with Gasteiger partial charge in [-0.3, -0.25) is 19.8 Å². The lowest BCUT2D eigenvalue weighted by Crippen LogP contribution is -2.37. The highest BCUT2D eigenvalue weighted by Crippen LogP contribution is 2.23. The second-order valence-corrected chi connectivity index (χ2v) is 7.72. The Kier molecular flexibility index (Phi) is 6.03. The Hall–Kier alpha value is -3.59. The van der Waals surface area contributed by atoms with Crippen molar-refractivity contribution in [2.75, 3.05) is 18.4 Å². The molecule has 1 aromatic heterocycles. The predicted octanol–water partition coefficient (Wildman–Crippen LogP) is 3.80. The molecule has 1 saturated heterocycles. The van der Waals surface area contributed by atoms with Gasteiger partial charge < -0.3 is 9.84 Å². The van der Waals surface area contributed by atoms with Crippen LogP contribution in [0.4, 0.5) is 11.4 Å². The van der Waals surface area contributed by atoms with Gasteiger partial charge in [0, 0.05) is 29.3 Å². The molecule has 9 heteroatoms. The zero-order valence-electron chi connectivity index (χ0n) is 17.2. The van der Waals surface area contributed by atoms with E-state index in [1.165, 1.54) is 17.7 Å². The minimum Gasteiger partial charge on any atom is -0.338 e. The summed E-state index contributed by atoms with van der Waals surface area (Å²) in [5.74, 6) is 0.872. The SMILES string of the molecule is Cc1ccc(-c2noc(CN3CCC(C(=O)Nc4cccc([N+](=O)[O-])c4)CC3)n2)cc1. The summed E-state index contributed by atoms with van der Waals surface area (Å²) in [6.07, 6.45) is 1.39. The number of rotatable bonds is 6. The van der Waals surface area contributed by atoms with Gasteiger partial charge in [0.1, 0.15) is 0 Å². The van der Waals surface area contributed by atoms with Gasteiger partial charge in [-0.05, 0) is 38.9 Å². The van der Waals surface area contributed by atoms with Gasteiger partial charge in [0.15, 0.2) is 0 Å². The summed E-state index contributed by atoms with van der Waals surface area (Å²) in [5.41, 5.74) is 2.48. The Labute approximate surface area is 179 Å². The number of aromatic nitrogens is 2. The Balaban J connectivity index is 1.29. The molecule has 0 unspecified atom stereocenters. The van der Waals surface area contributed by atoms with E-state index in [1.807, 2.05) is 31.2 Å². The fourth-order valence-electron chi connectivity index (χ4n) is 3.63. The normalized spacial score (nSPS) is 15.0. The predicted molar refractivity (Wildman–Crippen MR) is 114 cm³/mol. The first-order valence-corrected chi connectivity index (χ1v) is 10.2. The zero-order valence-corrected chi connectivity index (χ0v) is 17.2. The highest BCUT2D eigenvalue weighted by atomic mass is 16.6. The molecule has 0 bridgehead atoms. The van der Waals surface area contributed by atoms with Crippen molar-refractivity contribution >= 4 is 17.3 Å². The van der Waals surface area contributed by atoms with Crippen LogP contribution in [-0.4, -0.2) is 39.0 Å². The van der Waals surface area contributed by atoms with Crippen LogP contribution in [0.25, 0.3) is 11.4 Å². The Morgan fingerprint density at radius 3 is 2.68 bits per heavy atom. The lowest BCUT2D eigenvalue weighted by Gasteiger charge is -2.30. The summed E-state index contributed by atoms with van der Waals surface area (Å²) in [7, 11) is 0. The first kappa shape index (κ1) is 20.7. The Morgan fingerprint density at radius 2 is 1.97 bits per heavy atom. The molecule has 0 spiro atoms. The number of likely N-dealkylation sites (tertiary alicyclic amines) is 1. The van der Waals surface area contributed by atoms with Crippen LogP contribution in [0, 0.1) is 23.0 Å². The van der Waals surface area contributed by atoms with E-state index >= 15 is 0 Å². The number of amides is 1. The van der Waals surface area contributed by atoms with E-state index in [0.717, 1.165) is 18.7 Å². The third-order valence-electron chi connectivity index (χ3n) is 5.42. The molecule has 1 fully saturated rings. The molecule has 160 valence electrons. The van der Waals surface area contributed by atoms with Crippen LogP contribution in [0.15, 0.2) is 53.1 Å². The zero-order chi connectivity index (χ0) is 21.8. The molecule has 1 amide bonds. The fourth-order valence-corrected chi connectivity index (χ4v) is 3.63. The van der Waals surface area contributed by atoms with E-state index in [-0.39, 0.29) is 17.5 Å². The molecule has 2 aromatic carbocycles. The number of non-ortho nitro benzene ring substituents is 1. The molecule has 0 radical (unpaired) electrons. The van der Waals surface area contributed by atoms with E-state index in [1.54, 1.807) is 12.1 Å². The summed E-state index contributed by atoms with van der Waals surface area (Å²) in [6, 6.07) is 13.9. The third-order valence-corrected chi connectivity index (χ3v) is 5.42. The summed E-state index contributed by atoms with van der Waals surface area (Å²) in [6.45, 7) is 4.03. The number of nitro benzene ring substituents is 1. The highest BCUT2D eigenvalue weighted by molar-refractivity contribution is 5.92. The van der Waals surface area contributed by atoms with E-state index in [9.17, 15) is 14.9 Å². The maximum atomic E-state index is 12.6. The van der Waals surface area contributed by atoms with Crippen LogP contribution in [0.1, 0.15) is 24.3 Å². The van der Waals surface area contributed by atoms with E-state index in [4.69, 9.17) is 4.52 Å². The largest absolute Gasteiger partial charge is 0.338 e. The molecule has 31 heavy (non-hydrogen) atoms. The van der Waals surface area contributed by atoms with Gasteiger partial charge in [-0.2, -0.15) is 4.98 Å². The summed E-state index contributed by atoms with van der Waals surface area (Å²) in [4.78, 5) is 29.6. The number of carbonyl (C=O) groups is 1. The number of benzene rings is 2. The van der Waals surface area contributed by atoms with Crippen molar-refractivity contribution in [3.05, 3.63) is 70.1 Å². The molecule has 1 aliphatic heterocycles. The van der Waals surface area contributed by atoms with Crippen LogP contribution in [-0.2, 0) is 11.3 Å². The second kappa shape index (κ2) is 9.05. The number of anilines is 1. The molecular weight excluding hydrogens is 398 g/mol. The Morgan fingerprint density at radius 1 is 1.23 bits per heavy atom. The minimum atomic E-state index is -0.476. The molecule has 0 aliphatic carbocycles. The maximum absolute atomic E-state index is 12.6. The molecule has 4 rings (SSSR count). The van der Waals surface area contributed by atoms with E-state index < -0.39 is 4.92 Å². The van der Waals surface area contributed by atoms with Crippen molar-refractivity contribution in [3.63, 3.8) is 0 Å². The average molecular weight is 421 g/mol. The van der Waals surface area contributed by atoms with Gasteiger partial charge in [0.2, 0.25) is 17.6 Å². The molecule has 1 N–H and O–H groups in total. The number of nitrogens with zero attached hydrogens (tertiary/aromatic N) is 4. The van der Waals surface area contributed by atoms with Crippen LogP contribution in [0.3, 0.4) is 0 Å². The monoisotopic (exact) mass is 421 g/mol. The fraction of sp³-hybridized carbons (Fsp3) is 0.318. The number of hydrogen-bond donors (Lipinski definition) is 1. The second-order valence-electron chi connectivity index (χ2n) is 7.72. The molecule has 1 aliphatic rings. The smallest absolute Gasteiger partial charge is 0.271 e. The van der Waals surface area contributed by atoms with Gasteiger partial charge >= 0.3 is 0 Å². The van der Waals surface area contributed by atoms with Crippen molar-refractivity contribution in [1.82, 2.24) is 15.0 Å². The van der Waals surface area contributed by atoms with Gasteiger partial charge in [0.05, 0.1) is 11.5 Å². The number of nitrogens with one attached hydrogen (secondary N) is 1. The number of aryl methyl sites for hydroxylation is 1. The van der Waals surface area contributed by atoms with Gasteiger partial charge in [-0.1, -0.05) is 41.1 Å². The molecular formula is C22H23N5O4. The summed E-state index contributed by atoms with van der Waals surface area (Å²) < 4.78 is 5.40. The quantitative estimate of drug-likeness (QED) is 0.475. The maximum Gasteiger partial charge on any atom is 0.271 e. The van der Waals surface area contributed by atoms with Crippen molar-refractivity contribution in [2.45, 2.75) is 26.3 Å². The van der Waals surface area contributed by atoms with Gasteiger partial charge in [-0.25, -0.2) is 0 Å². The van der Waals surface area contributed by atoms with Crippen molar-refractivity contribution in [3.8, 4) is 11.4 Å². The van der Waals surface area contributed by atoms with Gasteiger partial charge in [-0.15, -0.1) is 0 Å². The molecule has 3 aromatic rings. The van der Waals surface area contributed by atoms with Crippen molar-refractivity contribution in [2.24, 2.45) is 5.92 Å². The summed E-state index contributed by atoms with van der Waals surface area (Å²) >= 11 is 0.